The van der Waals surface area contributed by atoms with E-state index in [1.807, 2.05) is 0 Å². The Balaban J connectivity index is 1.45. The van der Waals surface area contributed by atoms with E-state index in [0.717, 1.165) is 13.0 Å². The van der Waals surface area contributed by atoms with Gasteiger partial charge in [-0.2, -0.15) is 0 Å². The second kappa shape index (κ2) is 5.67. The average Bonchev–Trinajstić information content (AvgIpc) is 3.07. The summed E-state index contributed by atoms with van der Waals surface area (Å²) in [6.45, 7) is 3.17. The van der Waals surface area contributed by atoms with Crippen LogP contribution >= 0.6 is 11.3 Å². The van der Waals surface area contributed by atoms with E-state index in [1.165, 1.54) is 34.1 Å². The van der Waals surface area contributed by atoms with Gasteiger partial charge in [-0.25, -0.2) is 0 Å². The van der Waals surface area contributed by atoms with Crippen molar-refractivity contribution in [2.24, 2.45) is 5.92 Å². The van der Waals surface area contributed by atoms with Crippen molar-refractivity contribution in [1.82, 2.24) is 10.6 Å². The zero-order valence-electron chi connectivity index (χ0n) is 12.9. The van der Waals surface area contributed by atoms with E-state index in [9.17, 15) is 4.79 Å². The smallest absolute Gasteiger partial charge is 0.224 e. The molecule has 2 heterocycles. The van der Waals surface area contributed by atoms with Gasteiger partial charge in [0.05, 0.1) is 6.42 Å². The molecule has 1 amide bonds. The molecule has 0 spiro atoms. The van der Waals surface area contributed by atoms with Gasteiger partial charge in [0.1, 0.15) is 0 Å². The highest BCUT2D eigenvalue weighted by Gasteiger charge is 2.36. The normalized spacial score (nSPS) is 27.2. The number of rotatable bonds is 3. The fraction of sp³-hybridized carbons (Fsp3) is 0.500. The molecule has 3 atom stereocenters. The van der Waals surface area contributed by atoms with Gasteiger partial charge < -0.3 is 10.6 Å². The molecule has 22 heavy (non-hydrogen) atoms. The van der Waals surface area contributed by atoms with Gasteiger partial charge in [0.25, 0.3) is 0 Å². The highest BCUT2D eigenvalue weighted by molar-refractivity contribution is 7.17. The predicted molar refractivity (Wildman–Crippen MR) is 91.3 cm³/mol. The lowest BCUT2D eigenvalue weighted by Crippen LogP contribution is -2.43. The molecule has 3 nitrogen and oxygen atoms in total. The molecule has 1 aromatic carbocycles. The number of hydrogen-bond acceptors (Lipinski definition) is 3. The number of benzene rings is 1. The molecule has 1 saturated carbocycles. The summed E-state index contributed by atoms with van der Waals surface area (Å²) in [4.78, 5) is 12.5. The van der Waals surface area contributed by atoms with Crippen LogP contribution in [0.25, 0.3) is 10.1 Å². The third kappa shape index (κ3) is 2.66. The Morgan fingerprint density at radius 3 is 3.23 bits per heavy atom. The van der Waals surface area contributed by atoms with Crippen LogP contribution in [-0.4, -0.2) is 24.5 Å². The maximum Gasteiger partial charge on any atom is 0.224 e. The number of aryl methyl sites for hydroxylation is 1. The van der Waals surface area contributed by atoms with E-state index in [-0.39, 0.29) is 5.91 Å². The zero-order valence-corrected chi connectivity index (χ0v) is 13.7. The number of carbonyl (C=O) groups excluding carboxylic acids is 1. The molecule has 1 saturated heterocycles. The topological polar surface area (TPSA) is 41.1 Å². The van der Waals surface area contributed by atoms with Crippen LogP contribution in [0.4, 0.5) is 0 Å². The number of nitrogens with one attached hydrogen (secondary N) is 2. The summed E-state index contributed by atoms with van der Waals surface area (Å²) in [5.74, 6) is 0.806. The highest BCUT2D eigenvalue weighted by atomic mass is 32.1. The Labute approximate surface area is 135 Å². The molecule has 116 valence electrons. The first kappa shape index (κ1) is 14.2. The van der Waals surface area contributed by atoms with Crippen molar-refractivity contribution in [2.75, 3.05) is 6.54 Å². The fourth-order valence-corrected chi connectivity index (χ4v) is 4.89. The van der Waals surface area contributed by atoms with E-state index in [2.05, 4.69) is 41.1 Å². The van der Waals surface area contributed by atoms with Crippen molar-refractivity contribution in [3.63, 3.8) is 0 Å². The lowest BCUT2D eigenvalue weighted by molar-refractivity contribution is -0.121. The van der Waals surface area contributed by atoms with Crippen LogP contribution in [0, 0.1) is 12.8 Å². The highest BCUT2D eigenvalue weighted by Crippen LogP contribution is 2.30. The van der Waals surface area contributed by atoms with Crippen LogP contribution in [0.5, 0.6) is 0 Å². The van der Waals surface area contributed by atoms with E-state index in [1.54, 1.807) is 11.3 Å². The van der Waals surface area contributed by atoms with Crippen LogP contribution in [0.15, 0.2) is 23.6 Å². The molecule has 3 unspecified atom stereocenters. The lowest BCUT2D eigenvalue weighted by atomic mass is 9.85. The number of amides is 1. The Hall–Kier alpha value is -1.39. The van der Waals surface area contributed by atoms with Gasteiger partial charge in [-0.05, 0) is 54.5 Å². The van der Waals surface area contributed by atoms with Crippen LogP contribution < -0.4 is 10.6 Å². The first-order chi connectivity index (χ1) is 10.7. The summed E-state index contributed by atoms with van der Waals surface area (Å²) < 4.78 is 1.27. The van der Waals surface area contributed by atoms with E-state index < -0.39 is 0 Å². The van der Waals surface area contributed by atoms with Crippen LogP contribution in [0.1, 0.15) is 30.4 Å². The molecule has 0 radical (unpaired) electrons. The van der Waals surface area contributed by atoms with Crippen molar-refractivity contribution in [1.29, 1.82) is 0 Å². The number of thiophene rings is 1. The molecule has 2 aliphatic rings. The maximum absolute atomic E-state index is 12.5. The van der Waals surface area contributed by atoms with E-state index in [4.69, 9.17) is 0 Å². The molecule has 2 aromatic rings. The quantitative estimate of drug-likeness (QED) is 0.914. The van der Waals surface area contributed by atoms with Crippen LogP contribution in [0.3, 0.4) is 0 Å². The van der Waals surface area contributed by atoms with Gasteiger partial charge in [-0.1, -0.05) is 17.7 Å². The molecule has 2 fully saturated rings. The summed E-state index contributed by atoms with van der Waals surface area (Å²) in [6.07, 6.45) is 4.05. The molecule has 1 aliphatic carbocycles. The summed E-state index contributed by atoms with van der Waals surface area (Å²) in [7, 11) is 0. The summed E-state index contributed by atoms with van der Waals surface area (Å²) in [5.41, 5.74) is 2.42. The fourth-order valence-electron chi connectivity index (χ4n) is 3.95. The lowest BCUT2D eigenvalue weighted by Gasteiger charge is -2.28. The first-order valence-corrected chi connectivity index (χ1v) is 9.06. The monoisotopic (exact) mass is 314 g/mol. The van der Waals surface area contributed by atoms with Gasteiger partial charge >= 0.3 is 0 Å². The third-order valence-corrected chi connectivity index (χ3v) is 6.17. The second-order valence-corrected chi connectivity index (χ2v) is 7.70. The standard InChI is InChI=1S/C18H22N2OS/c1-11-2-5-17-15(6-11)13(10-22-17)8-18(21)20-16-4-3-14-7-12(16)9-19-14/h2,5-6,10,12,14,16,19H,3-4,7-9H2,1H3,(H,20,21). The Morgan fingerprint density at radius 1 is 1.41 bits per heavy atom. The third-order valence-electron chi connectivity index (χ3n) is 5.16. The Kier molecular flexibility index (Phi) is 3.66. The second-order valence-electron chi connectivity index (χ2n) is 6.79. The van der Waals surface area contributed by atoms with Crippen molar-refractivity contribution >= 4 is 27.3 Å². The minimum Gasteiger partial charge on any atom is -0.353 e. The molecule has 1 aliphatic heterocycles. The van der Waals surface area contributed by atoms with Gasteiger partial charge in [-0.15, -0.1) is 11.3 Å². The van der Waals surface area contributed by atoms with Crippen LogP contribution in [0.2, 0.25) is 0 Å². The molecule has 2 N–H and O–H groups in total. The number of fused-ring (bicyclic) bond motifs is 3. The zero-order chi connectivity index (χ0) is 15.1. The van der Waals surface area contributed by atoms with Crippen molar-refractivity contribution < 1.29 is 4.79 Å². The maximum atomic E-state index is 12.5. The predicted octanol–water partition coefficient (Wildman–Crippen LogP) is 3.01. The van der Waals surface area contributed by atoms with Crippen molar-refractivity contribution in [3.8, 4) is 0 Å². The summed E-state index contributed by atoms with van der Waals surface area (Å²) in [6, 6.07) is 7.55. The molecule has 2 bridgehead atoms. The Morgan fingerprint density at radius 2 is 2.32 bits per heavy atom. The number of carbonyl (C=O) groups is 1. The van der Waals surface area contributed by atoms with Crippen LogP contribution in [-0.2, 0) is 11.2 Å². The summed E-state index contributed by atoms with van der Waals surface area (Å²) in [5, 5.41) is 10.2. The number of hydrogen-bond donors (Lipinski definition) is 2. The molecular formula is C18H22N2OS. The first-order valence-electron chi connectivity index (χ1n) is 8.18. The average molecular weight is 314 g/mol. The largest absolute Gasteiger partial charge is 0.353 e. The van der Waals surface area contributed by atoms with Gasteiger partial charge in [0, 0.05) is 23.3 Å². The van der Waals surface area contributed by atoms with Crippen molar-refractivity contribution in [3.05, 3.63) is 34.7 Å². The Bertz CT molecular complexity index is 708. The van der Waals surface area contributed by atoms with E-state index >= 15 is 0 Å². The SMILES string of the molecule is Cc1ccc2scc(CC(=O)NC3CCC4CC3CN4)c2c1. The minimum absolute atomic E-state index is 0.177. The molecular weight excluding hydrogens is 292 g/mol. The minimum atomic E-state index is 0.177. The van der Waals surface area contributed by atoms with Gasteiger partial charge in [0.15, 0.2) is 0 Å². The van der Waals surface area contributed by atoms with Gasteiger partial charge in [0.2, 0.25) is 5.91 Å². The molecule has 4 heteroatoms. The van der Waals surface area contributed by atoms with Gasteiger partial charge in [-0.3, -0.25) is 4.79 Å². The molecule has 1 aromatic heterocycles. The molecule has 4 rings (SSSR count). The summed E-state index contributed by atoms with van der Waals surface area (Å²) >= 11 is 1.73. The van der Waals surface area contributed by atoms with Crippen molar-refractivity contribution in [2.45, 2.75) is 44.7 Å². The van der Waals surface area contributed by atoms with E-state index in [0.29, 0.717) is 24.4 Å².